The molecule has 0 saturated heterocycles. The van der Waals surface area contributed by atoms with Crippen LogP contribution >= 0.6 is 11.3 Å². The molecule has 2 aromatic rings. The van der Waals surface area contributed by atoms with E-state index >= 15 is 0 Å². The van der Waals surface area contributed by atoms with Gasteiger partial charge in [0.15, 0.2) is 0 Å². The van der Waals surface area contributed by atoms with Crippen molar-refractivity contribution in [1.82, 2.24) is 10.3 Å². The van der Waals surface area contributed by atoms with Crippen LogP contribution in [0.4, 0.5) is 10.1 Å². The Morgan fingerprint density at radius 1 is 1.40 bits per heavy atom. The van der Waals surface area contributed by atoms with Crippen LogP contribution in [0.25, 0.3) is 0 Å². The van der Waals surface area contributed by atoms with Crippen molar-refractivity contribution in [2.45, 2.75) is 26.9 Å². The Morgan fingerprint density at radius 3 is 2.80 bits per heavy atom. The first kappa shape index (κ1) is 14.9. The van der Waals surface area contributed by atoms with Crippen LogP contribution in [0.15, 0.2) is 23.6 Å². The maximum Gasteiger partial charge on any atom is 0.146 e. The third kappa shape index (κ3) is 3.77. The van der Waals surface area contributed by atoms with Gasteiger partial charge in [0.05, 0.1) is 22.9 Å². The van der Waals surface area contributed by atoms with E-state index in [1.807, 2.05) is 43.3 Å². The van der Waals surface area contributed by atoms with Gasteiger partial charge in [-0.3, -0.25) is 0 Å². The molecule has 0 aliphatic carbocycles. The van der Waals surface area contributed by atoms with E-state index < -0.39 is 0 Å². The molecule has 0 amide bonds. The number of hydrogen-bond donors (Lipinski definition) is 1. The molecule has 0 spiro atoms. The highest BCUT2D eigenvalue weighted by Gasteiger charge is 2.10. The molecule has 0 atom stereocenters. The molecule has 108 valence electrons. The summed E-state index contributed by atoms with van der Waals surface area (Å²) in [4.78, 5) is 6.30. The highest BCUT2D eigenvalue weighted by Crippen LogP contribution is 2.21. The van der Waals surface area contributed by atoms with Crippen molar-refractivity contribution in [2.24, 2.45) is 0 Å². The normalized spacial score (nSPS) is 10.8. The van der Waals surface area contributed by atoms with Gasteiger partial charge in [0.25, 0.3) is 0 Å². The average Bonchev–Trinajstić information content (AvgIpc) is 2.81. The highest BCUT2D eigenvalue weighted by molar-refractivity contribution is 7.09. The molecule has 1 aromatic heterocycles. The second-order valence-electron chi connectivity index (χ2n) is 4.78. The quantitative estimate of drug-likeness (QED) is 0.885. The molecule has 0 aliphatic heterocycles. The highest BCUT2D eigenvalue weighted by atomic mass is 32.1. The number of nitrogens with one attached hydrogen (secondary N) is 1. The zero-order chi connectivity index (χ0) is 14.5. The summed E-state index contributed by atoms with van der Waals surface area (Å²) in [6.07, 6.45) is 0. The van der Waals surface area contributed by atoms with Gasteiger partial charge >= 0.3 is 0 Å². The van der Waals surface area contributed by atoms with Crippen LogP contribution in [0, 0.1) is 12.7 Å². The zero-order valence-corrected chi connectivity index (χ0v) is 12.9. The first-order chi connectivity index (χ1) is 9.60. The Morgan fingerprint density at radius 2 is 2.20 bits per heavy atom. The molecule has 0 fully saturated rings. The summed E-state index contributed by atoms with van der Waals surface area (Å²) in [7, 11) is 1.89. The number of thiazole rings is 1. The van der Waals surface area contributed by atoms with Crippen LogP contribution in [0.3, 0.4) is 0 Å². The van der Waals surface area contributed by atoms with Crippen molar-refractivity contribution in [1.29, 1.82) is 0 Å². The minimum atomic E-state index is -0.185. The lowest BCUT2D eigenvalue weighted by atomic mass is 10.2. The number of anilines is 1. The molecule has 1 aromatic carbocycles. The lowest BCUT2D eigenvalue weighted by molar-refractivity contribution is 0.616. The van der Waals surface area contributed by atoms with E-state index in [1.165, 1.54) is 0 Å². The summed E-state index contributed by atoms with van der Waals surface area (Å²) < 4.78 is 14.1. The van der Waals surface area contributed by atoms with Gasteiger partial charge in [-0.15, -0.1) is 11.3 Å². The first-order valence-corrected chi connectivity index (χ1v) is 7.59. The van der Waals surface area contributed by atoms with Gasteiger partial charge in [-0.1, -0.05) is 13.0 Å². The predicted octanol–water partition coefficient (Wildman–Crippen LogP) is 3.34. The summed E-state index contributed by atoms with van der Waals surface area (Å²) in [6, 6.07) is 5.39. The van der Waals surface area contributed by atoms with E-state index in [9.17, 15) is 4.39 Å². The monoisotopic (exact) mass is 293 g/mol. The number of rotatable bonds is 6. The number of hydrogen-bond acceptors (Lipinski definition) is 4. The topological polar surface area (TPSA) is 28.2 Å². The molecule has 5 heteroatoms. The van der Waals surface area contributed by atoms with E-state index in [0.29, 0.717) is 18.8 Å². The number of nitrogens with zero attached hydrogens (tertiary/aromatic N) is 2. The minimum Gasteiger partial charge on any atom is -0.366 e. The number of aromatic nitrogens is 1. The number of halogens is 1. The van der Waals surface area contributed by atoms with Crippen molar-refractivity contribution >= 4 is 17.0 Å². The number of aryl methyl sites for hydroxylation is 1. The van der Waals surface area contributed by atoms with E-state index in [2.05, 4.69) is 10.3 Å². The fraction of sp³-hybridized carbons (Fsp3) is 0.400. The van der Waals surface area contributed by atoms with Gasteiger partial charge in [-0.25, -0.2) is 9.37 Å². The zero-order valence-electron chi connectivity index (χ0n) is 12.1. The summed E-state index contributed by atoms with van der Waals surface area (Å²) in [5.74, 6) is -0.185. The first-order valence-electron chi connectivity index (χ1n) is 6.71. The van der Waals surface area contributed by atoms with E-state index in [1.54, 1.807) is 17.4 Å². The summed E-state index contributed by atoms with van der Waals surface area (Å²) in [5, 5.41) is 6.25. The molecular formula is C15H20FN3S. The Bertz CT molecular complexity index is 568. The average molecular weight is 293 g/mol. The second-order valence-corrected chi connectivity index (χ2v) is 5.84. The Balaban J connectivity index is 2.07. The summed E-state index contributed by atoms with van der Waals surface area (Å²) >= 11 is 1.62. The van der Waals surface area contributed by atoms with Crippen molar-refractivity contribution in [3.05, 3.63) is 45.7 Å². The van der Waals surface area contributed by atoms with Gasteiger partial charge < -0.3 is 10.2 Å². The van der Waals surface area contributed by atoms with Crippen LogP contribution in [-0.4, -0.2) is 18.6 Å². The van der Waals surface area contributed by atoms with Crippen molar-refractivity contribution in [3.63, 3.8) is 0 Å². The van der Waals surface area contributed by atoms with Crippen LogP contribution < -0.4 is 10.2 Å². The van der Waals surface area contributed by atoms with Gasteiger partial charge in [-0.2, -0.15) is 0 Å². The second kappa shape index (κ2) is 6.81. The van der Waals surface area contributed by atoms with Gasteiger partial charge in [0.1, 0.15) is 5.82 Å². The van der Waals surface area contributed by atoms with E-state index in [-0.39, 0.29) is 5.82 Å². The predicted molar refractivity (Wildman–Crippen MR) is 82.7 cm³/mol. The molecule has 0 radical (unpaired) electrons. The standard InChI is InChI=1S/C15H20FN3S/c1-4-17-8-12-5-6-15(14(16)7-12)19(3)9-13-10-20-11(2)18-13/h5-7,10,17H,4,8-9H2,1-3H3. The largest absolute Gasteiger partial charge is 0.366 e. The maximum absolute atomic E-state index is 14.1. The Hall–Kier alpha value is -1.46. The van der Waals surface area contributed by atoms with Gasteiger partial charge in [0.2, 0.25) is 0 Å². The fourth-order valence-corrected chi connectivity index (χ4v) is 2.65. The number of benzene rings is 1. The van der Waals surface area contributed by atoms with E-state index in [4.69, 9.17) is 0 Å². The smallest absolute Gasteiger partial charge is 0.146 e. The van der Waals surface area contributed by atoms with Crippen molar-refractivity contribution < 1.29 is 4.39 Å². The molecule has 2 rings (SSSR count). The minimum absolute atomic E-state index is 0.185. The lowest BCUT2D eigenvalue weighted by Gasteiger charge is -2.19. The Labute approximate surface area is 123 Å². The third-order valence-electron chi connectivity index (χ3n) is 3.07. The van der Waals surface area contributed by atoms with Crippen LogP contribution in [-0.2, 0) is 13.1 Å². The van der Waals surface area contributed by atoms with E-state index in [0.717, 1.165) is 22.8 Å². The maximum atomic E-state index is 14.1. The molecule has 0 bridgehead atoms. The van der Waals surface area contributed by atoms with Crippen LogP contribution in [0.5, 0.6) is 0 Å². The molecule has 0 aliphatic rings. The van der Waals surface area contributed by atoms with Crippen molar-refractivity contribution in [2.75, 3.05) is 18.5 Å². The van der Waals surface area contributed by atoms with Gasteiger partial charge in [-0.05, 0) is 31.2 Å². The molecule has 0 saturated carbocycles. The van der Waals surface area contributed by atoms with Gasteiger partial charge in [0, 0.05) is 19.0 Å². The fourth-order valence-electron chi connectivity index (χ4n) is 2.05. The Kier molecular flexibility index (Phi) is 5.09. The van der Waals surface area contributed by atoms with Crippen molar-refractivity contribution in [3.8, 4) is 0 Å². The van der Waals surface area contributed by atoms with Crippen LogP contribution in [0.2, 0.25) is 0 Å². The molecular weight excluding hydrogens is 273 g/mol. The summed E-state index contributed by atoms with van der Waals surface area (Å²) in [6.45, 7) is 6.21. The lowest BCUT2D eigenvalue weighted by Crippen LogP contribution is -2.18. The SMILES string of the molecule is CCNCc1ccc(N(C)Cc2csc(C)n2)c(F)c1. The molecule has 20 heavy (non-hydrogen) atoms. The molecule has 3 nitrogen and oxygen atoms in total. The third-order valence-corrected chi connectivity index (χ3v) is 3.89. The molecule has 1 N–H and O–H groups in total. The summed E-state index contributed by atoms with van der Waals surface area (Å²) in [5.41, 5.74) is 2.55. The van der Waals surface area contributed by atoms with Crippen LogP contribution in [0.1, 0.15) is 23.2 Å². The molecule has 0 unspecified atom stereocenters. The molecule has 1 heterocycles.